The Morgan fingerprint density at radius 3 is 2.38 bits per heavy atom. The Morgan fingerprint density at radius 1 is 1.15 bits per heavy atom. The van der Waals surface area contributed by atoms with Crippen molar-refractivity contribution >= 4 is 15.9 Å². The average molecular weight is 238 g/mol. The summed E-state index contributed by atoms with van der Waals surface area (Å²) in [6.45, 7) is 0. The first kappa shape index (κ1) is 8.44. The first-order valence-electron chi connectivity index (χ1n) is 3.89. The van der Waals surface area contributed by atoms with Gasteiger partial charge >= 0.3 is 0 Å². The molecule has 13 heavy (non-hydrogen) atoms. The van der Waals surface area contributed by atoms with Gasteiger partial charge in [-0.1, -0.05) is 30.3 Å². The van der Waals surface area contributed by atoms with Crippen molar-refractivity contribution in [3.05, 3.63) is 35.1 Å². The summed E-state index contributed by atoms with van der Waals surface area (Å²) in [5, 5.41) is 7.97. The van der Waals surface area contributed by atoms with E-state index in [4.69, 9.17) is 0 Å². The van der Waals surface area contributed by atoms with Gasteiger partial charge in [0.25, 0.3) is 0 Å². The molecule has 0 saturated carbocycles. The number of rotatable bonds is 1. The Kier molecular flexibility index (Phi) is 2.14. The van der Waals surface area contributed by atoms with Crippen LogP contribution >= 0.6 is 15.9 Å². The smallest absolute Gasteiger partial charge is 0.200 e. The minimum atomic E-state index is 0.742. The molecule has 0 spiro atoms. The van der Waals surface area contributed by atoms with Crippen molar-refractivity contribution < 1.29 is 0 Å². The molecular formula is C9H8BrN3. The quantitative estimate of drug-likeness (QED) is 0.762. The van der Waals surface area contributed by atoms with Crippen LogP contribution < -0.4 is 0 Å². The van der Waals surface area contributed by atoms with Gasteiger partial charge in [-0.3, -0.25) is 0 Å². The van der Waals surface area contributed by atoms with Crippen LogP contribution in [-0.4, -0.2) is 14.8 Å². The van der Waals surface area contributed by atoms with Gasteiger partial charge in [-0.05, 0) is 15.9 Å². The highest BCUT2D eigenvalue weighted by molar-refractivity contribution is 9.10. The highest BCUT2D eigenvalue weighted by Crippen LogP contribution is 2.18. The minimum absolute atomic E-state index is 0.742. The molecule has 2 rings (SSSR count). The highest BCUT2D eigenvalue weighted by atomic mass is 79.9. The van der Waals surface area contributed by atoms with Crippen molar-refractivity contribution in [1.29, 1.82) is 0 Å². The fraction of sp³-hybridized carbons (Fsp3) is 0.111. The first-order chi connectivity index (χ1) is 6.29. The van der Waals surface area contributed by atoms with E-state index in [1.807, 2.05) is 41.9 Å². The largest absolute Gasteiger partial charge is 0.305 e. The number of aromatic nitrogens is 3. The zero-order valence-corrected chi connectivity index (χ0v) is 8.69. The molecule has 0 radical (unpaired) electrons. The number of hydrogen-bond acceptors (Lipinski definition) is 2. The lowest BCUT2D eigenvalue weighted by Crippen LogP contribution is -1.92. The van der Waals surface area contributed by atoms with E-state index in [2.05, 4.69) is 26.1 Å². The zero-order valence-electron chi connectivity index (χ0n) is 7.11. The van der Waals surface area contributed by atoms with E-state index in [0.717, 1.165) is 16.1 Å². The number of hydrogen-bond donors (Lipinski definition) is 0. The van der Waals surface area contributed by atoms with E-state index in [1.165, 1.54) is 0 Å². The van der Waals surface area contributed by atoms with E-state index < -0.39 is 0 Å². The molecule has 1 heterocycles. The summed E-state index contributed by atoms with van der Waals surface area (Å²) in [7, 11) is 1.92. The van der Waals surface area contributed by atoms with E-state index in [-0.39, 0.29) is 0 Å². The van der Waals surface area contributed by atoms with Crippen LogP contribution in [0.1, 0.15) is 0 Å². The molecule has 0 unspecified atom stereocenters. The van der Waals surface area contributed by atoms with E-state index in [1.54, 1.807) is 0 Å². The minimum Gasteiger partial charge on any atom is -0.305 e. The van der Waals surface area contributed by atoms with Crippen molar-refractivity contribution in [2.24, 2.45) is 7.05 Å². The van der Waals surface area contributed by atoms with Crippen LogP contribution in [0.25, 0.3) is 11.4 Å². The molecule has 0 aliphatic rings. The molecule has 0 fully saturated rings. The van der Waals surface area contributed by atoms with Crippen molar-refractivity contribution in [2.75, 3.05) is 0 Å². The Morgan fingerprint density at radius 2 is 1.85 bits per heavy atom. The molecule has 66 valence electrons. The molecule has 3 nitrogen and oxygen atoms in total. The topological polar surface area (TPSA) is 30.7 Å². The normalized spacial score (nSPS) is 10.3. The summed E-state index contributed by atoms with van der Waals surface area (Å²) in [5.74, 6) is 0.868. The predicted octanol–water partition coefficient (Wildman–Crippen LogP) is 2.24. The van der Waals surface area contributed by atoms with Crippen LogP contribution in [0.4, 0.5) is 0 Å². The molecule has 0 aliphatic carbocycles. The van der Waals surface area contributed by atoms with Gasteiger partial charge in [-0.2, -0.15) is 0 Å². The van der Waals surface area contributed by atoms with Gasteiger partial charge in [-0.15, -0.1) is 10.2 Å². The molecule has 1 aromatic carbocycles. The first-order valence-corrected chi connectivity index (χ1v) is 4.68. The Labute approximate surface area is 84.5 Å². The fourth-order valence-corrected chi connectivity index (χ4v) is 1.40. The highest BCUT2D eigenvalue weighted by Gasteiger charge is 2.06. The molecule has 1 aromatic heterocycles. The molecule has 0 amide bonds. The molecule has 2 aromatic rings. The van der Waals surface area contributed by atoms with Gasteiger partial charge in [0.2, 0.25) is 0 Å². The van der Waals surface area contributed by atoms with Gasteiger partial charge in [0.05, 0.1) is 0 Å². The summed E-state index contributed by atoms with van der Waals surface area (Å²) < 4.78 is 2.64. The van der Waals surface area contributed by atoms with Crippen LogP contribution in [0.5, 0.6) is 0 Å². The van der Waals surface area contributed by atoms with Crippen LogP contribution in [-0.2, 0) is 7.05 Å². The number of halogens is 1. The second-order valence-electron chi connectivity index (χ2n) is 2.72. The van der Waals surface area contributed by atoms with Gasteiger partial charge in [0.1, 0.15) is 0 Å². The van der Waals surface area contributed by atoms with Gasteiger partial charge in [0.15, 0.2) is 10.6 Å². The molecule has 0 atom stereocenters. The Bertz CT molecular complexity index is 408. The summed E-state index contributed by atoms with van der Waals surface area (Å²) in [6, 6.07) is 9.97. The fourth-order valence-electron chi connectivity index (χ4n) is 1.15. The third-order valence-electron chi connectivity index (χ3n) is 1.85. The van der Waals surface area contributed by atoms with Crippen LogP contribution in [0.3, 0.4) is 0 Å². The molecule has 4 heteroatoms. The molecule has 0 aliphatic heterocycles. The van der Waals surface area contributed by atoms with Crippen LogP contribution in [0, 0.1) is 0 Å². The maximum Gasteiger partial charge on any atom is 0.200 e. The van der Waals surface area contributed by atoms with E-state index >= 15 is 0 Å². The average Bonchev–Trinajstić information content (AvgIpc) is 2.49. The lowest BCUT2D eigenvalue weighted by molar-refractivity contribution is 0.888. The molecular weight excluding hydrogens is 230 g/mol. The van der Waals surface area contributed by atoms with E-state index in [0.29, 0.717) is 0 Å². The monoisotopic (exact) mass is 237 g/mol. The van der Waals surface area contributed by atoms with E-state index in [9.17, 15) is 0 Å². The number of nitrogens with zero attached hydrogens (tertiary/aromatic N) is 3. The van der Waals surface area contributed by atoms with Crippen LogP contribution in [0.2, 0.25) is 0 Å². The van der Waals surface area contributed by atoms with Gasteiger partial charge < -0.3 is 4.57 Å². The Hall–Kier alpha value is -1.16. The zero-order chi connectivity index (χ0) is 9.26. The van der Waals surface area contributed by atoms with Crippen molar-refractivity contribution in [3.63, 3.8) is 0 Å². The molecule has 0 N–H and O–H groups in total. The van der Waals surface area contributed by atoms with Crippen molar-refractivity contribution in [3.8, 4) is 11.4 Å². The summed E-state index contributed by atoms with van der Waals surface area (Å²) in [5.41, 5.74) is 1.07. The predicted molar refractivity (Wildman–Crippen MR) is 54.1 cm³/mol. The third-order valence-corrected chi connectivity index (χ3v) is 2.54. The van der Waals surface area contributed by atoms with Crippen molar-refractivity contribution in [1.82, 2.24) is 14.8 Å². The summed E-state index contributed by atoms with van der Waals surface area (Å²) in [4.78, 5) is 0. The summed E-state index contributed by atoms with van der Waals surface area (Å²) >= 11 is 3.30. The second-order valence-corrected chi connectivity index (χ2v) is 3.43. The summed E-state index contributed by atoms with van der Waals surface area (Å²) in [6.07, 6.45) is 0. The second kappa shape index (κ2) is 3.30. The standard InChI is InChI=1S/C9H8BrN3/c1-13-8(11-12-9(13)10)7-5-3-2-4-6-7/h2-6H,1H3. The SMILES string of the molecule is Cn1c(Br)nnc1-c1ccccc1. The maximum absolute atomic E-state index is 4.05. The molecule has 0 bridgehead atoms. The van der Waals surface area contributed by atoms with Crippen molar-refractivity contribution in [2.45, 2.75) is 0 Å². The maximum atomic E-state index is 4.05. The number of benzene rings is 1. The van der Waals surface area contributed by atoms with Crippen LogP contribution in [0.15, 0.2) is 35.1 Å². The molecule has 0 saturated heterocycles. The van der Waals surface area contributed by atoms with Gasteiger partial charge in [0, 0.05) is 12.6 Å². The lowest BCUT2D eigenvalue weighted by Gasteiger charge is -1.99. The van der Waals surface area contributed by atoms with Gasteiger partial charge in [-0.25, -0.2) is 0 Å². The Balaban J connectivity index is 2.53. The lowest BCUT2D eigenvalue weighted by atomic mass is 10.2. The third kappa shape index (κ3) is 1.49.